The highest BCUT2D eigenvalue weighted by molar-refractivity contribution is 6.16. The van der Waals surface area contributed by atoms with E-state index in [1.54, 1.807) is 53.8 Å². The number of carbonyl (C=O) groups is 2. The molecule has 0 fully saturated rings. The first-order chi connectivity index (χ1) is 16.7. The summed E-state index contributed by atoms with van der Waals surface area (Å²) in [6, 6.07) is 15.7. The molecular formula is C27H24N4O4. The number of amides is 1. The number of nitrogen functional groups attached to an aromatic ring is 1. The molecule has 0 spiro atoms. The Balaban J connectivity index is 1.57. The highest BCUT2D eigenvalue weighted by Crippen LogP contribution is 2.59. The third-order valence-electron chi connectivity index (χ3n) is 7.11. The third-order valence-corrected chi connectivity index (χ3v) is 7.11. The molecule has 2 aromatic carbocycles. The number of aliphatic hydroxyl groups is 1. The number of Topliss-reactive ketones (excluding diaryl/α,β-unsaturated/α-hetero) is 1. The normalized spacial score (nSPS) is 22.1. The van der Waals surface area contributed by atoms with Crippen LogP contribution in [0.3, 0.4) is 0 Å². The highest BCUT2D eigenvalue weighted by Gasteiger charge is 2.72. The molecule has 1 aliphatic carbocycles. The second kappa shape index (κ2) is 6.93. The first-order valence-corrected chi connectivity index (χ1v) is 11.4. The van der Waals surface area contributed by atoms with Crippen molar-refractivity contribution in [3.05, 3.63) is 94.6 Å². The monoisotopic (exact) mass is 468 g/mol. The molecule has 1 aliphatic heterocycles. The number of aryl methyl sites for hydroxylation is 1. The summed E-state index contributed by atoms with van der Waals surface area (Å²) < 4.78 is 7.92. The Labute approximate surface area is 201 Å². The maximum Gasteiger partial charge on any atom is 0.273 e. The lowest BCUT2D eigenvalue weighted by Crippen LogP contribution is -2.60. The number of hydrogen-bond donors (Lipinski definition) is 3. The lowest BCUT2D eigenvalue weighted by molar-refractivity contribution is -0.169. The molecule has 2 aromatic heterocycles. The van der Waals surface area contributed by atoms with Crippen LogP contribution in [0, 0.1) is 6.92 Å². The molecule has 8 heteroatoms. The zero-order valence-corrected chi connectivity index (χ0v) is 19.5. The van der Waals surface area contributed by atoms with Crippen LogP contribution in [0.4, 0.5) is 5.69 Å². The molecule has 35 heavy (non-hydrogen) atoms. The summed E-state index contributed by atoms with van der Waals surface area (Å²) in [5, 5.41) is 14.9. The van der Waals surface area contributed by atoms with Gasteiger partial charge in [-0.15, -0.1) is 0 Å². The fraction of sp³-hybridized carbons (Fsp3) is 0.222. The van der Waals surface area contributed by atoms with Crippen LogP contribution in [0.15, 0.2) is 60.8 Å². The minimum atomic E-state index is -2.17. The first-order valence-electron chi connectivity index (χ1n) is 11.4. The molecule has 2 atom stereocenters. The molecule has 1 amide bonds. The van der Waals surface area contributed by atoms with Crippen molar-refractivity contribution in [2.75, 3.05) is 5.73 Å². The van der Waals surface area contributed by atoms with Crippen molar-refractivity contribution in [2.45, 2.75) is 38.0 Å². The minimum Gasteiger partial charge on any atom is -0.454 e. The van der Waals surface area contributed by atoms with Gasteiger partial charge in [0, 0.05) is 23.0 Å². The van der Waals surface area contributed by atoms with Gasteiger partial charge in [-0.3, -0.25) is 9.59 Å². The Morgan fingerprint density at radius 1 is 1.14 bits per heavy atom. The smallest absolute Gasteiger partial charge is 0.273 e. The van der Waals surface area contributed by atoms with Gasteiger partial charge in [-0.2, -0.15) is 0 Å². The number of aromatic nitrogens is 2. The van der Waals surface area contributed by atoms with Gasteiger partial charge >= 0.3 is 0 Å². The molecule has 3 heterocycles. The van der Waals surface area contributed by atoms with Gasteiger partial charge in [0.2, 0.25) is 11.3 Å². The van der Waals surface area contributed by atoms with E-state index in [1.807, 2.05) is 32.2 Å². The number of anilines is 1. The Bertz CT molecular complexity index is 1570. The first kappa shape index (κ1) is 21.4. The summed E-state index contributed by atoms with van der Waals surface area (Å²) in [6.45, 7) is 5.87. The number of carbonyl (C=O) groups excluding carboxylic acids is 2. The number of nitrogens with zero attached hydrogens (tertiary/aromatic N) is 2. The van der Waals surface area contributed by atoms with Crippen LogP contribution in [0.5, 0.6) is 5.75 Å². The number of pyridine rings is 1. The van der Waals surface area contributed by atoms with Crippen molar-refractivity contribution in [1.29, 1.82) is 0 Å². The van der Waals surface area contributed by atoms with Gasteiger partial charge in [-0.05, 0) is 42.7 Å². The van der Waals surface area contributed by atoms with Gasteiger partial charge in [0.25, 0.3) is 11.7 Å². The largest absolute Gasteiger partial charge is 0.454 e. The fourth-order valence-electron chi connectivity index (χ4n) is 5.33. The zero-order chi connectivity index (χ0) is 24.7. The number of hydrogen-bond acceptors (Lipinski definition) is 6. The molecule has 0 bridgehead atoms. The molecule has 0 saturated heterocycles. The van der Waals surface area contributed by atoms with Gasteiger partial charge in [0.15, 0.2) is 5.69 Å². The molecule has 2 unspecified atom stereocenters. The molecule has 176 valence electrons. The van der Waals surface area contributed by atoms with Crippen LogP contribution in [0.2, 0.25) is 0 Å². The van der Waals surface area contributed by atoms with E-state index in [4.69, 9.17) is 10.5 Å². The number of fused-ring (bicyclic) bond motifs is 6. The molecular weight excluding hydrogens is 444 g/mol. The second-order valence-electron chi connectivity index (χ2n) is 9.42. The van der Waals surface area contributed by atoms with Crippen LogP contribution in [-0.4, -0.2) is 26.2 Å². The topological polar surface area (TPSA) is 119 Å². The number of rotatable bonds is 3. The zero-order valence-electron chi connectivity index (χ0n) is 19.5. The van der Waals surface area contributed by atoms with Crippen LogP contribution >= 0.6 is 0 Å². The molecule has 0 saturated carbocycles. The summed E-state index contributed by atoms with van der Waals surface area (Å²) in [5.41, 5.74) is 6.88. The van der Waals surface area contributed by atoms with Gasteiger partial charge in [0.05, 0.1) is 11.1 Å². The van der Waals surface area contributed by atoms with E-state index in [9.17, 15) is 14.7 Å². The Hall–Kier alpha value is -4.17. The quantitative estimate of drug-likeness (QED) is 0.397. The van der Waals surface area contributed by atoms with Crippen molar-refractivity contribution >= 4 is 22.9 Å². The van der Waals surface area contributed by atoms with Crippen LogP contribution in [0.25, 0.3) is 5.52 Å². The van der Waals surface area contributed by atoms with E-state index >= 15 is 0 Å². The van der Waals surface area contributed by atoms with Crippen molar-refractivity contribution in [3.63, 3.8) is 0 Å². The number of benzene rings is 2. The van der Waals surface area contributed by atoms with E-state index in [1.165, 1.54) is 0 Å². The Morgan fingerprint density at radius 3 is 2.71 bits per heavy atom. The molecule has 8 nitrogen and oxygen atoms in total. The van der Waals surface area contributed by atoms with Crippen molar-refractivity contribution in [1.82, 2.24) is 14.7 Å². The van der Waals surface area contributed by atoms with Crippen molar-refractivity contribution in [2.24, 2.45) is 0 Å². The molecule has 6 rings (SSSR count). The van der Waals surface area contributed by atoms with Gasteiger partial charge in [-0.1, -0.05) is 44.2 Å². The van der Waals surface area contributed by atoms with Gasteiger partial charge in [0.1, 0.15) is 11.6 Å². The number of ether oxygens (including phenoxy) is 1. The second-order valence-corrected chi connectivity index (χ2v) is 9.42. The summed E-state index contributed by atoms with van der Waals surface area (Å²) in [4.78, 5) is 32.3. The molecule has 0 radical (unpaired) electrons. The van der Waals surface area contributed by atoms with Crippen LogP contribution in [-0.2, 0) is 11.3 Å². The summed E-state index contributed by atoms with van der Waals surface area (Å²) in [7, 11) is 0. The number of imidazole rings is 1. The summed E-state index contributed by atoms with van der Waals surface area (Å²) >= 11 is 0. The van der Waals surface area contributed by atoms with Crippen LogP contribution < -0.4 is 15.8 Å². The third kappa shape index (κ3) is 2.57. The SMILES string of the molecule is Cc1nc(C(=O)NC23C(=O)c4c(N)cccc4C2(O)Oc2cc(C(C)C)ccc23)c2ccccn12. The lowest BCUT2D eigenvalue weighted by atomic mass is 9.82. The highest BCUT2D eigenvalue weighted by atomic mass is 16.6. The Morgan fingerprint density at radius 2 is 1.94 bits per heavy atom. The molecule has 4 aromatic rings. The minimum absolute atomic E-state index is 0.139. The molecule has 4 N–H and O–H groups in total. The van der Waals surface area contributed by atoms with E-state index in [0.29, 0.717) is 22.7 Å². The lowest BCUT2D eigenvalue weighted by Gasteiger charge is -2.34. The maximum atomic E-state index is 14.1. The predicted octanol–water partition coefficient (Wildman–Crippen LogP) is 3.41. The fourth-order valence-corrected chi connectivity index (χ4v) is 5.33. The molecule has 2 aliphatic rings. The van der Waals surface area contributed by atoms with Crippen LogP contribution in [0.1, 0.15) is 63.1 Å². The van der Waals surface area contributed by atoms with Gasteiger partial charge < -0.3 is 25.3 Å². The average molecular weight is 469 g/mol. The van der Waals surface area contributed by atoms with E-state index in [2.05, 4.69) is 10.3 Å². The number of nitrogens with two attached hydrogens (primary N) is 1. The summed E-state index contributed by atoms with van der Waals surface area (Å²) in [5.74, 6) is -2.16. The predicted molar refractivity (Wildman–Crippen MR) is 129 cm³/mol. The van der Waals surface area contributed by atoms with E-state index < -0.39 is 23.0 Å². The van der Waals surface area contributed by atoms with E-state index in [-0.39, 0.29) is 28.4 Å². The average Bonchev–Trinajstić information content (AvgIpc) is 3.37. The maximum absolute atomic E-state index is 14.1. The Kier molecular flexibility index (Phi) is 4.23. The number of nitrogens with one attached hydrogen (secondary N) is 1. The summed E-state index contributed by atoms with van der Waals surface area (Å²) in [6.07, 6.45) is 1.81. The van der Waals surface area contributed by atoms with Crippen molar-refractivity contribution < 1.29 is 19.4 Å². The van der Waals surface area contributed by atoms with E-state index in [0.717, 1.165) is 5.56 Å². The number of ketones is 1. The van der Waals surface area contributed by atoms with Gasteiger partial charge in [-0.25, -0.2) is 4.98 Å². The standard InChI is InChI=1S/C27H24N4O4/c1-14(2)16-10-11-17-21(13-16)35-27(34)18-7-6-8-19(28)22(18)24(32)26(17,27)30-25(33)23-20-9-4-5-12-31(20)15(3)29-23/h4-14,34H,28H2,1-3H3,(H,30,33). The van der Waals surface area contributed by atoms with Crippen molar-refractivity contribution in [3.8, 4) is 5.75 Å².